The molecule has 1 aliphatic carbocycles. The maximum atomic E-state index is 11.8. The summed E-state index contributed by atoms with van der Waals surface area (Å²) < 4.78 is 1.03. The van der Waals surface area contributed by atoms with Crippen LogP contribution < -0.4 is 5.32 Å². The Morgan fingerprint density at radius 2 is 2.35 bits per heavy atom. The van der Waals surface area contributed by atoms with Gasteiger partial charge in [-0.3, -0.25) is 4.79 Å². The summed E-state index contributed by atoms with van der Waals surface area (Å²) in [4.78, 5) is 11.8. The number of allylic oxidation sites excluding steroid dienone is 2. The van der Waals surface area contributed by atoms with Crippen LogP contribution in [-0.4, -0.2) is 5.91 Å². The summed E-state index contributed by atoms with van der Waals surface area (Å²) in [6.45, 7) is 2.00. The van der Waals surface area contributed by atoms with Crippen molar-refractivity contribution in [2.75, 3.05) is 5.32 Å². The predicted molar refractivity (Wildman–Crippen MR) is 74.0 cm³/mol. The van der Waals surface area contributed by atoms with Crippen LogP contribution in [0.2, 0.25) is 0 Å². The molecule has 17 heavy (non-hydrogen) atoms. The van der Waals surface area contributed by atoms with E-state index in [1.807, 2.05) is 25.1 Å². The molecule has 2 rings (SSSR count). The topological polar surface area (TPSA) is 29.1 Å². The molecule has 0 bridgehead atoms. The minimum Gasteiger partial charge on any atom is -0.326 e. The quantitative estimate of drug-likeness (QED) is 0.837. The Hall–Kier alpha value is -1.09. The summed E-state index contributed by atoms with van der Waals surface area (Å²) in [5, 5.41) is 2.97. The zero-order valence-corrected chi connectivity index (χ0v) is 11.5. The smallest absolute Gasteiger partial charge is 0.224 e. The highest BCUT2D eigenvalue weighted by Crippen LogP contribution is 2.23. The molecule has 0 unspecified atom stereocenters. The van der Waals surface area contributed by atoms with Crippen molar-refractivity contribution in [3.05, 3.63) is 40.4 Å². The van der Waals surface area contributed by atoms with E-state index in [0.29, 0.717) is 12.3 Å². The Bertz CT molecular complexity index is 454. The Balaban J connectivity index is 1.95. The summed E-state index contributed by atoms with van der Waals surface area (Å²) >= 11 is 3.41. The molecule has 0 radical (unpaired) electrons. The average Bonchev–Trinajstić information content (AvgIpc) is 2.75. The van der Waals surface area contributed by atoms with Crippen LogP contribution in [0.15, 0.2) is 34.8 Å². The molecule has 1 N–H and O–H groups in total. The maximum Gasteiger partial charge on any atom is 0.224 e. The third-order valence-electron chi connectivity index (χ3n) is 3.02. The first-order valence-corrected chi connectivity index (χ1v) is 6.67. The van der Waals surface area contributed by atoms with Gasteiger partial charge in [-0.2, -0.15) is 0 Å². The van der Waals surface area contributed by atoms with E-state index >= 15 is 0 Å². The predicted octanol–water partition coefficient (Wildman–Crippen LogP) is 4.05. The van der Waals surface area contributed by atoms with Crippen molar-refractivity contribution in [2.45, 2.75) is 26.2 Å². The van der Waals surface area contributed by atoms with E-state index in [2.05, 4.69) is 33.4 Å². The van der Waals surface area contributed by atoms with Crippen LogP contribution in [0.25, 0.3) is 0 Å². The van der Waals surface area contributed by atoms with Gasteiger partial charge in [-0.1, -0.05) is 28.1 Å². The lowest BCUT2D eigenvalue weighted by atomic mass is 10.0. The molecule has 0 fully saturated rings. The Morgan fingerprint density at radius 3 is 3.00 bits per heavy atom. The van der Waals surface area contributed by atoms with Gasteiger partial charge in [-0.25, -0.2) is 0 Å². The summed E-state index contributed by atoms with van der Waals surface area (Å²) in [5.41, 5.74) is 1.98. The van der Waals surface area contributed by atoms with Crippen LogP contribution in [0.4, 0.5) is 5.69 Å². The maximum absolute atomic E-state index is 11.8. The van der Waals surface area contributed by atoms with Crippen molar-refractivity contribution in [2.24, 2.45) is 5.92 Å². The van der Waals surface area contributed by atoms with E-state index in [4.69, 9.17) is 0 Å². The van der Waals surface area contributed by atoms with Gasteiger partial charge in [0.2, 0.25) is 5.91 Å². The van der Waals surface area contributed by atoms with E-state index in [1.54, 1.807) is 0 Å². The molecule has 1 aliphatic rings. The highest BCUT2D eigenvalue weighted by atomic mass is 79.9. The SMILES string of the molecule is Cc1cc(Br)ccc1NC(=O)C[C@H]1C=CCC1. The zero-order valence-electron chi connectivity index (χ0n) is 9.87. The molecule has 0 aromatic heterocycles. The second-order valence-electron chi connectivity index (χ2n) is 4.48. The van der Waals surface area contributed by atoms with Crippen molar-refractivity contribution in [1.82, 2.24) is 0 Å². The molecular weight excluding hydrogens is 278 g/mol. The van der Waals surface area contributed by atoms with Gasteiger partial charge >= 0.3 is 0 Å². The number of carbonyl (C=O) groups excluding carboxylic acids is 1. The van der Waals surface area contributed by atoms with Crippen LogP contribution in [0.3, 0.4) is 0 Å². The molecule has 1 aromatic carbocycles. The summed E-state index contributed by atoms with van der Waals surface area (Å²) in [5.74, 6) is 0.526. The second-order valence-corrected chi connectivity index (χ2v) is 5.39. The van der Waals surface area contributed by atoms with Crippen molar-refractivity contribution >= 4 is 27.5 Å². The van der Waals surface area contributed by atoms with Crippen molar-refractivity contribution in [1.29, 1.82) is 0 Å². The van der Waals surface area contributed by atoms with Gasteiger partial charge in [0.15, 0.2) is 0 Å². The number of hydrogen-bond donors (Lipinski definition) is 1. The van der Waals surface area contributed by atoms with Gasteiger partial charge in [0.1, 0.15) is 0 Å². The molecular formula is C14H16BrNO. The van der Waals surface area contributed by atoms with Gasteiger partial charge in [-0.15, -0.1) is 0 Å². The first-order chi connectivity index (χ1) is 8.15. The molecule has 1 amide bonds. The highest BCUT2D eigenvalue weighted by Gasteiger charge is 2.14. The molecule has 3 heteroatoms. The van der Waals surface area contributed by atoms with Crippen LogP contribution >= 0.6 is 15.9 Å². The van der Waals surface area contributed by atoms with Crippen LogP contribution in [0.1, 0.15) is 24.8 Å². The standard InChI is InChI=1S/C14H16BrNO/c1-10-8-12(15)6-7-13(10)16-14(17)9-11-4-2-3-5-11/h2,4,6-8,11H,3,5,9H2,1H3,(H,16,17)/t11-/m0/s1. The third kappa shape index (κ3) is 3.43. The first kappa shape index (κ1) is 12.4. The Kier molecular flexibility index (Phi) is 4.00. The monoisotopic (exact) mass is 293 g/mol. The van der Waals surface area contributed by atoms with E-state index < -0.39 is 0 Å². The number of halogens is 1. The summed E-state index contributed by atoms with van der Waals surface area (Å²) in [6, 6.07) is 5.88. The fraction of sp³-hybridized carbons (Fsp3) is 0.357. The molecule has 90 valence electrons. The number of aryl methyl sites for hydroxylation is 1. The van der Waals surface area contributed by atoms with Gasteiger partial charge < -0.3 is 5.32 Å². The molecule has 0 spiro atoms. The van der Waals surface area contributed by atoms with E-state index in [0.717, 1.165) is 28.6 Å². The Morgan fingerprint density at radius 1 is 1.53 bits per heavy atom. The second kappa shape index (κ2) is 5.50. The number of nitrogens with one attached hydrogen (secondary N) is 1. The van der Waals surface area contributed by atoms with Crippen molar-refractivity contribution < 1.29 is 4.79 Å². The number of carbonyl (C=O) groups is 1. The molecule has 0 saturated heterocycles. The molecule has 2 nitrogen and oxygen atoms in total. The van der Waals surface area contributed by atoms with Crippen molar-refractivity contribution in [3.63, 3.8) is 0 Å². The molecule has 0 heterocycles. The van der Waals surface area contributed by atoms with E-state index in [9.17, 15) is 4.79 Å². The first-order valence-electron chi connectivity index (χ1n) is 5.88. The van der Waals surface area contributed by atoms with E-state index in [-0.39, 0.29) is 5.91 Å². The number of anilines is 1. The third-order valence-corrected chi connectivity index (χ3v) is 3.52. The minimum atomic E-state index is 0.104. The lowest BCUT2D eigenvalue weighted by Crippen LogP contribution is -2.15. The largest absolute Gasteiger partial charge is 0.326 e. The van der Waals surface area contributed by atoms with Crippen LogP contribution in [0.5, 0.6) is 0 Å². The van der Waals surface area contributed by atoms with Crippen LogP contribution in [0, 0.1) is 12.8 Å². The molecule has 0 saturated carbocycles. The summed E-state index contributed by atoms with van der Waals surface area (Å²) in [7, 11) is 0. The Labute approximate surface area is 110 Å². The van der Waals surface area contributed by atoms with Gasteiger partial charge in [0.25, 0.3) is 0 Å². The van der Waals surface area contributed by atoms with Gasteiger partial charge in [0.05, 0.1) is 0 Å². The fourth-order valence-electron chi connectivity index (χ4n) is 2.07. The van der Waals surface area contributed by atoms with E-state index in [1.165, 1.54) is 0 Å². The fourth-order valence-corrected chi connectivity index (χ4v) is 2.55. The number of amides is 1. The van der Waals surface area contributed by atoms with Gasteiger partial charge in [-0.05, 0) is 49.4 Å². The average molecular weight is 294 g/mol. The van der Waals surface area contributed by atoms with Crippen LogP contribution in [-0.2, 0) is 4.79 Å². The minimum absolute atomic E-state index is 0.104. The summed E-state index contributed by atoms with van der Waals surface area (Å²) in [6.07, 6.45) is 7.10. The molecule has 1 aromatic rings. The lowest BCUT2D eigenvalue weighted by molar-refractivity contribution is -0.116. The van der Waals surface area contributed by atoms with Crippen molar-refractivity contribution in [3.8, 4) is 0 Å². The number of benzene rings is 1. The number of hydrogen-bond acceptors (Lipinski definition) is 1. The zero-order chi connectivity index (χ0) is 12.3. The van der Waals surface area contributed by atoms with Gasteiger partial charge in [0, 0.05) is 16.6 Å². The highest BCUT2D eigenvalue weighted by molar-refractivity contribution is 9.10. The molecule has 1 atom stereocenters. The normalized spacial score (nSPS) is 18.4. The lowest BCUT2D eigenvalue weighted by Gasteiger charge is -2.11. The number of rotatable bonds is 3. The molecule has 0 aliphatic heterocycles.